The minimum absolute atomic E-state index is 0.0853. The number of ether oxygens (including phenoxy) is 1. The van der Waals surface area contributed by atoms with Gasteiger partial charge in [0, 0.05) is 23.8 Å². The molecule has 0 saturated carbocycles. The third-order valence-corrected chi connectivity index (χ3v) is 5.33. The fourth-order valence-corrected chi connectivity index (χ4v) is 3.64. The molecule has 1 atom stereocenters. The maximum atomic E-state index is 13.8. The first-order valence-corrected chi connectivity index (χ1v) is 10.8. The fraction of sp³-hybridized carbons (Fsp3) is 0.111. The van der Waals surface area contributed by atoms with E-state index in [-0.39, 0.29) is 5.69 Å². The first-order valence-electron chi connectivity index (χ1n) is 10.8. The van der Waals surface area contributed by atoms with E-state index in [2.05, 4.69) is 15.3 Å². The molecular formula is C27H23FN4O3. The predicted molar refractivity (Wildman–Crippen MR) is 131 cm³/mol. The number of nitrogens with zero attached hydrogens (tertiary/aromatic N) is 3. The second-order valence-electron chi connectivity index (χ2n) is 7.78. The van der Waals surface area contributed by atoms with Gasteiger partial charge in [-0.1, -0.05) is 24.3 Å². The summed E-state index contributed by atoms with van der Waals surface area (Å²) in [5.74, 6) is -0.804. The van der Waals surface area contributed by atoms with Crippen LogP contribution in [0.1, 0.15) is 27.7 Å². The van der Waals surface area contributed by atoms with Crippen LogP contribution in [-0.4, -0.2) is 28.9 Å². The SMILES string of the molecule is COc1ccc([C@@H](C(=O)Nc2ccc(F)cc2)N(C(=O)c2cnccn2)c2cccc(C)c2)cc1. The minimum atomic E-state index is -1.08. The highest BCUT2D eigenvalue weighted by molar-refractivity contribution is 6.11. The molecule has 0 fully saturated rings. The van der Waals surface area contributed by atoms with E-state index in [4.69, 9.17) is 4.74 Å². The van der Waals surface area contributed by atoms with E-state index < -0.39 is 23.7 Å². The van der Waals surface area contributed by atoms with Gasteiger partial charge in [0.2, 0.25) is 0 Å². The van der Waals surface area contributed by atoms with Crippen LogP contribution in [0.25, 0.3) is 0 Å². The van der Waals surface area contributed by atoms with Gasteiger partial charge in [-0.15, -0.1) is 0 Å². The van der Waals surface area contributed by atoms with Crippen LogP contribution in [0.2, 0.25) is 0 Å². The third kappa shape index (κ3) is 5.50. The van der Waals surface area contributed by atoms with Crippen molar-refractivity contribution < 1.29 is 18.7 Å². The van der Waals surface area contributed by atoms with Crippen molar-refractivity contribution in [3.63, 3.8) is 0 Å². The van der Waals surface area contributed by atoms with Gasteiger partial charge in [-0.3, -0.25) is 19.5 Å². The number of carbonyl (C=O) groups is 2. The monoisotopic (exact) mass is 470 g/mol. The maximum Gasteiger partial charge on any atom is 0.279 e. The summed E-state index contributed by atoms with van der Waals surface area (Å²) < 4.78 is 18.7. The van der Waals surface area contributed by atoms with Gasteiger partial charge < -0.3 is 10.1 Å². The summed E-state index contributed by atoms with van der Waals surface area (Å²) in [6.07, 6.45) is 4.24. The number of hydrogen-bond acceptors (Lipinski definition) is 5. The van der Waals surface area contributed by atoms with Crippen LogP contribution >= 0.6 is 0 Å². The molecule has 2 amide bonds. The molecule has 0 saturated heterocycles. The van der Waals surface area contributed by atoms with E-state index in [1.54, 1.807) is 37.4 Å². The molecular weight excluding hydrogens is 447 g/mol. The third-order valence-electron chi connectivity index (χ3n) is 5.33. The van der Waals surface area contributed by atoms with Gasteiger partial charge in [-0.05, 0) is 66.6 Å². The first kappa shape index (κ1) is 23.6. The Balaban J connectivity index is 1.84. The number of aryl methyl sites for hydroxylation is 1. The van der Waals surface area contributed by atoms with E-state index in [0.29, 0.717) is 22.7 Å². The second-order valence-corrected chi connectivity index (χ2v) is 7.78. The predicted octanol–water partition coefficient (Wildman–Crippen LogP) is 4.96. The van der Waals surface area contributed by atoms with Crippen molar-refractivity contribution in [1.82, 2.24) is 9.97 Å². The van der Waals surface area contributed by atoms with Gasteiger partial charge in [0.15, 0.2) is 0 Å². The highest BCUT2D eigenvalue weighted by Crippen LogP contribution is 2.32. The van der Waals surface area contributed by atoms with Crippen LogP contribution in [0.5, 0.6) is 5.75 Å². The maximum absolute atomic E-state index is 13.8. The lowest BCUT2D eigenvalue weighted by Crippen LogP contribution is -2.42. The lowest BCUT2D eigenvalue weighted by atomic mass is 10.0. The molecule has 4 aromatic rings. The van der Waals surface area contributed by atoms with Crippen molar-refractivity contribution in [2.24, 2.45) is 0 Å². The summed E-state index contributed by atoms with van der Waals surface area (Å²) in [6, 6.07) is 18.5. The molecule has 0 aliphatic carbocycles. The molecule has 1 N–H and O–H groups in total. The topological polar surface area (TPSA) is 84.4 Å². The molecule has 1 heterocycles. The molecule has 0 aliphatic rings. The zero-order valence-electron chi connectivity index (χ0n) is 19.2. The number of anilines is 2. The van der Waals surface area contributed by atoms with Crippen LogP contribution in [0.15, 0.2) is 91.4 Å². The highest BCUT2D eigenvalue weighted by atomic mass is 19.1. The molecule has 0 aliphatic heterocycles. The van der Waals surface area contributed by atoms with Gasteiger partial charge >= 0.3 is 0 Å². The molecule has 0 bridgehead atoms. The second kappa shape index (κ2) is 10.6. The number of halogens is 1. The Bertz CT molecular complexity index is 1310. The summed E-state index contributed by atoms with van der Waals surface area (Å²) in [5.41, 5.74) is 2.44. The average molecular weight is 471 g/mol. The Morgan fingerprint density at radius 2 is 1.74 bits per heavy atom. The zero-order valence-corrected chi connectivity index (χ0v) is 19.2. The minimum Gasteiger partial charge on any atom is -0.497 e. The van der Waals surface area contributed by atoms with Crippen LogP contribution in [-0.2, 0) is 4.79 Å². The van der Waals surface area contributed by atoms with Gasteiger partial charge in [-0.2, -0.15) is 0 Å². The number of hydrogen-bond donors (Lipinski definition) is 1. The summed E-state index contributed by atoms with van der Waals surface area (Å²) >= 11 is 0. The first-order chi connectivity index (χ1) is 17.0. The molecule has 8 heteroatoms. The van der Waals surface area contributed by atoms with Gasteiger partial charge in [0.25, 0.3) is 11.8 Å². The molecule has 3 aromatic carbocycles. The largest absolute Gasteiger partial charge is 0.497 e. The molecule has 0 spiro atoms. The number of nitrogens with one attached hydrogen (secondary N) is 1. The summed E-state index contributed by atoms with van der Waals surface area (Å²) in [7, 11) is 1.55. The van der Waals surface area contributed by atoms with Crippen LogP contribution < -0.4 is 15.0 Å². The summed E-state index contributed by atoms with van der Waals surface area (Å²) in [4.78, 5) is 37.0. The van der Waals surface area contributed by atoms with Gasteiger partial charge in [0.05, 0.1) is 13.3 Å². The van der Waals surface area contributed by atoms with E-state index in [1.807, 2.05) is 25.1 Å². The van der Waals surface area contributed by atoms with E-state index in [9.17, 15) is 14.0 Å². The van der Waals surface area contributed by atoms with Crippen molar-refractivity contribution >= 4 is 23.2 Å². The van der Waals surface area contributed by atoms with Crippen LogP contribution in [0, 0.1) is 12.7 Å². The Kier molecular flexibility index (Phi) is 7.11. The summed E-state index contributed by atoms with van der Waals surface area (Å²) in [6.45, 7) is 1.90. The number of amides is 2. The van der Waals surface area contributed by atoms with Crippen LogP contribution in [0.3, 0.4) is 0 Å². The molecule has 35 heavy (non-hydrogen) atoms. The van der Waals surface area contributed by atoms with Crippen molar-refractivity contribution in [2.75, 3.05) is 17.3 Å². The number of rotatable bonds is 7. The standard InChI is InChI=1S/C27H23FN4O3/c1-18-4-3-5-22(16-18)32(27(34)24-17-29-14-15-30-24)25(19-6-12-23(35-2)13-7-19)26(33)31-21-10-8-20(28)9-11-21/h3-17,25H,1-2H3,(H,31,33)/t25-/m0/s1. The normalized spacial score (nSPS) is 11.4. The van der Waals surface area contributed by atoms with Gasteiger partial charge in [-0.25, -0.2) is 9.37 Å². The molecule has 1 aromatic heterocycles. The number of methoxy groups -OCH3 is 1. The van der Waals surface area contributed by atoms with Crippen molar-refractivity contribution in [3.8, 4) is 5.75 Å². The smallest absolute Gasteiger partial charge is 0.279 e. The highest BCUT2D eigenvalue weighted by Gasteiger charge is 2.34. The molecule has 0 radical (unpaired) electrons. The van der Waals surface area contributed by atoms with Crippen molar-refractivity contribution in [2.45, 2.75) is 13.0 Å². The molecule has 4 rings (SSSR count). The number of aromatic nitrogens is 2. The zero-order chi connectivity index (χ0) is 24.8. The quantitative estimate of drug-likeness (QED) is 0.413. The fourth-order valence-electron chi connectivity index (χ4n) is 3.64. The Morgan fingerprint density at radius 1 is 1.00 bits per heavy atom. The van der Waals surface area contributed by atoms with Crippen LogP contribution in [0.4, 0.5) is 15.8 Å². The Labute approximate surface area is 202 Å². The summed E-state index contributed by atoms with van der Waals surface area (Å²) in [5, 5.41) is 2.80. The molecule has 176 valence electrons. The Morgan fingerprint density at radius 3 is 2.37 bits per heavy atom. The average Bonchev–Trinajstić information content (AvgIpc) is 2.88. The van der Waals surface area contributed by atoms with Gasteiger partial charge in [0.1, 0.15) is 23.3 Å². The van der Waals surface area contributed by atoms with Crippen molar-refractivity contribution in [3.05, 3.63) is 114 Å². The van der Waals surface area contributed by atoms with E-state index in [1.165, 1.54) is 47.8 Å². The lowest BCUT2D eigenvalue weighted by molar-refractivity contribution is -0.117. The number of carbonyl (C=O) groups excluding carboxylic acids is 2. The molecule has 7 nitrogen and oxygen atoms in total. The van der Waals surface area contributed by atoms with Crippen molar-refractivity contribution in [1.29, 1.82) is 0 Å². The van der Waals surface area contributed by atoms with E-state index >= 15 is 0 Å². The molecule has 0 unspecified atom stereocenters. The number of benzene rings is 3. The Hall–Kier alpha value is -4.59. The van der Waals surface area contributed by atoms with E-state index in [0.717, 1.165) is 5.56 Å². The lowest BCUT2D eigenvalue weighted by Gasteiger charge is -2.31.